The Hall–Kier alpha value is -1.56. The highest BCUT2D eigenvalue weighted by Gasteiger charge is 2.00. The molecule has 0 atom stereocenters. The van der Waals surface area contributed by atoms with E-state index >= 15 is 0 Å². The molecule has 0 aliphatic rings. The van der Waals surface area contributed by atoms with Crippen LogP contribution in [0.1, 0.15) is 37.8 Å². The molecule has 1 rings (SSSR count). The Morgan fingerprint density at radius 3 is 2.25 bits per heavy atom. The summed E-state index contributed by atoms with van der Waals surface area (Å²) in [6.45, 7) is 10.2. The van der Waals surface area contributed by atoms with E-state index in [0.717, 1.165) is 0 Å². The molecule has 1 aromatic rings. The van der Waals surface area contributed by atoms with Crippen LogP contribution in [0.25, 0.3) is 5.57 Å². The summed E-state index contributed by atoms with van der Waals surface area (Å²) in [4.78, 5) is 0. The van der Waals surface area contributed by atoms with E-state index in [1.54, 1.807) is 0 Å². The smallest absolute Gasteiger partial charge is 0.0184 e. The van der Waals surface area contributed by atoms with Crippen molar-refractivity contribution in [3.8, 4) is 0 Å². The van der Waals surface area contributed by atoms with Crippen LogP contribution in [0.3, 0.4) is 0 Å². The summed E-state index contributed by atoms with van der Waals surface area (Å²) in [5, 5.41) is 0. The molecule has 84 valence electrons. The first kappa shape index (κ1) is 12.5. The second kappa shape index (κ2) is 6.12. The van der Waals surface area contributed by atoms with E-state index < -0.39 is 0 Å². The Morgan fingerprint density at radius 1 is 1.19 bits per heavy atom. The van der Waals surface area contributed by atoms with Gasteiger partial charge in [-0.15, -0.1) is 0 Å². The van der Waals surface area contributed by atoms with E-state index in [-0.39, 0.29) is 0 Å². The summed E-state index contributed by atoms with van der Waals surface area (Å²) >= 11 is 0. The highest BCUT2D eigenvalue weighted by Crippen LogP contribution is 2.20. The number of allylic oxidation sites excluding steroid dienone is 5. The predicted octanol–water partition coefficient (Wildman–Crippen LogP) is 4.96. The van der Waals surface area contributed by atoms with Crippen molar-refractivity contribution in [1.29, 1.82) is 0 Å². The minimum atomic E-state index is 0.586. The molecule has 0 fully saturated rings. The van der Waals surface area contributed by atoms with E-state index in [4.69, 9.17) is 0 Å². The van der Waals surface area contributed by atoms with E-state index in [1.807, 2.05) is 25.2 Å². The van der Waals surface area contributed by atoms with Crippen molar-refractivity contribution in [3.05, 3.63) is 66.3 Å². The molecule has 0 aromatic heterocycles. The second-order valence-corrected chi connectivity index (χ2v) is 4.13. The summed E-state index contributed by atoms with van der Waals surface area (Å²) < 4.78 is 0. The third kappa shape index (κ3) is 3.23. The molecular weight excluding hydrogens is 192 g/mol. The zero-order valence-electron chi connectivity index (χ0n) is 10.4. The molecule has 0 aliphatic heterocycles. The Balaban J connectivity index is 3.03. The van der Waals surface area contributed by atoms with Gasteiger partial charge < -0.3 is 0 Å². The van der Waals surface area contributed by atoms with Crippen molar-refractivity contribution < 1.29 is 0 Å². The van der Waals surface area contributed by atoms with Gasteiger partial charge >= 0.3 is 0 Å². The highest BCUT2D eigenvalue weighted by atomic mass is 14.1. The van der Waals surface area contributed by atoms with Gasteiger partial charge in [-0.1, -0.05) is 69.0 Å². The maximum absolute atomic E-state index is 3.74. The zero-order chi connectivity index (χ0) is 12.0. The monoisotopic (exact) mass is 212 g/mol. The molecule has 0 spiro atoms. The van der Waals surface area contributed by atoms with Gasteiger partial charge in [0.1, 0.15) is 0 Å². The average Bonchev–Trinajstić information content (AvgIpc) is 2.29. The molecule has 0 heterocycles. The molecule has 0 saturated heterocycles. The lowest BCUT2D eigenvalue weighted by Gasteiger charge is -2.07. The Kier molecular flexibility index (Phi) is 4.78. The van der Waals surface area contributed by atoms with Gasteiger partial charge in [0.25, 0.3) is 0 Å². The molecule has 0 nitrogen and oxygen atoms in total. The maximum atomic E-state index is 3.74. The lowest BCUT2D eigenvalue weighted by Crippen LogP contribution is -1.88. The van der Waals surface area contributed by atoms with E-state index in [2.05, 4.69) is 50.8 Å². The first-order valence-electron chi connectivity index (χ1n) is 5.74. The normalized spacial score (nSPS) is 12.4. The second-order valence-electron chi connectivity index (χ2n) is 4.13. The lowest BCUT2D eigenvalue weighted by molar-refractivity contribution is 0.866. The summed E-state index contributed by atoms with van der Waals surface area (Å²) in [5.74, 6) is 0.586. The average molecular weight is 212 g/mol. The SMILES string of the molecule is C=C/C=C(\C=C/C)c1ccc(C(C)C)cc1. The molecule has 0 bridgehead atoms. The Labute approximate surface area is 99.0 Å². The van der Waals surface area contributed by atoms with Crippen molar-refractivity contribution >= 4 is 5.57 Å². The quantitative estimate of drug-likeness (QED) is 0.619. The molecule has 0 heteroatoms. The molecule has 0 amide bonds. The summed E-state index contributed by atoms with van der Waals surface area (Å²) in [5.41, 5.74) is 3.82. The van der Waals surface area contributed by atoms with E-state index in [1.165, 1.54) is 16.7 Å². The third-order valence-corrected chi connectivity index (χ3v) is 2.55. The number of rotatable bonds is 4. The fraction of sp³-hybridized carbons (Fsp3) is 0.250. The van der Waals surface area contributed by atoms with Gasteiger partial charge in [0.15, 0.2) is 0 Å². The minimum Gasteiger partial charge on any atom is -0.0990 e. The largest absolute Gasteiger partial charge is 0.0990 e. The molecule has 0 aliphatic carbocycles. The van der Waals surface area contributed by atoms with Crippen LogP contribution >= 0.6 is 0 Å². The van der Waals surface area contributed by atoms with Gasteiger partial charge in [-0.2, -0.15) is 0 Å². The van der Waals surface area contributed by atoms with Crippen LogP contribution in [-0.2, 0) is 0 Å². The van der Waals surface area contributed by atoms with Gasteiger partial charge in [0, 0.05) is 0 Å². The van der Waals surface area contributed by atoms with Crippen LogP contribution in [-0.4, -0.2) is 0 Å². The first-order valence-corrected chi connectivity index (χ1v) is 5.74. The number of benzene rings is 1. The van der Waals surface area contributed by atoms with Crippen molar-refractivity contribution in [1.82, 2.24) is 0 Å². The Bertz CT molecular complexity index is 389. The van der Waals surface area contributed by atoms with E-state index in [0.29, 0.717) is 5.92 Å². The minimum absolute atomic E-state index is 0.586. The van der Waals surface area contributed by atoms with Crippen LogP contribution in [0.4, 0.5) is 0 Å². The van der Waals surface area contributed by atoms with Gasteiger partial charge in [-0.05, 0) is 29.5 Å². The fourth-order valence-electron chi connectivity index (χ4n) is 1.62. The molecule has 0 saturated carbocycles. The topological polar surface area (TPSA) is 0 Å². The molecular formula is C16H20. The molecule has 1 aromatic carbocycles. The van der Waals surface area contributed by atoms with E-state index in [9.17, 15) is 0 Å². The van der Waals surface area contributed by atoms with Crippen LogP contribution in [0, 0.1) is 0 Å². The zero-order valence-corrected chi connectivity index (χ0v) is 10.4. The summed E-state index contributed by atoms with van der Waals surface area (Å²) in [6, 6.07) is 8.73. The standard InChI is InChI=1S/C16H20/c1-5-7-15(8-6-2)16-11-9-14(10-12-16)13(3)4/h5-13H,1H2,2-4H3/b8-6-,15-7+. The van der Waals surface area contributed by atoms with Gasteiger partial charge in [0.05, 0.1) is 0 Å². The van der Waals surface area contributed by atoms with Gasteiger partial charge in [-0.3, -0.25) is 0 Å². The van der Waals surface area contributed by atoms with Gasteiger partial charge in [-0.25, -0.2) is 0 Å². The van der Waals surface area contributed by atoms with Crippen molar-refractivity contribution in [2.75, 3.05) is 0 Å². The molecule has 0 unspecified atom stereocenters. The fourth-order valence-corrected chi connectivity index (χ4v) is 1.62. The Morgan fingerprint density at radius 2 is 1.81 bits per heavy atom. The third-order valence-electron chi connectivity index (χ3n) is 2.55. The van der Waals surface area contributed by atoms with Crippen molar-refractivity contribution in [2.24, 2.45) is 0 Å². The van der Waals surface area contributed by atoms with Crippen LogP contribution < -0.4 is 0 Å². The van der Waals surface area contributed by atoms with Crippen LogP contribution in [0.5, 0.6) is 0 Å². The number of hydrogen-bond acceptors (Lipinski definition) is 0. The number of hydrogen-bond donors (Lipinski definition) is 0. The van der Waals surface area contributed by atoms with Crippen LogP contribution in [0.2, 0.25) is 0 Å². The van der Waals surface area contributed by atoms with Crippen LogP contribution in [0.15, 0.2) is 55.1 Å². The predicted molar refractivity (Wildman–Crippen MR) is 73.5 cm³/mol. The first-order chi connectivity index (χ1) is 7.69. The summed E-state index contributed by atoms with van der Waals surface area (Å²) in [7, 11) is 0. The molecule has 0 radical (unpaired) electrons. The highest BCUT2D eigenvalue weighted by molar-refractivity contribution is 5.75. The summed E-state index contributed by atoms with van der Waals surface area (Å²) in [6.07, 6.45) is 8.01. The molecule has 16 heavy (non-hydrogen) atoms. The van der Waals surface area contributed by atoms with Gasteiger partial charge in [0.2, 0.25) is 0 Å². The van der Waals surface area contributed by atoms with Crippen molar-refractivity contribution in [3.63, 3.8) is 0 Å². The maximum Gasteiger partial charge on any atom is -0.0184 e. The molecule has 0 N–H and O–H groups in total. The van der Waals surface area contributed by atoms with Crippen molar-refractivity contribution in [2.45, 2.75) is 26.7 Å². The lowest BCUT2D eigenvalue weighted by atomic mass is 9.98.